The van der Waals surface area contributed by atoms with Crippen LogP contribution in [-0.4, -0.2) is 118 Å². The summed E-state index contributed by atoms with van der Waals surface area (Å²) < 4.78 is 156. The SMILES string of the molecule is O=C([O-])CC(Nc1nc(Nc2ccc(C=Cc3ccc(Nc4nc(Nc5cc(S(=O)(=O)[O-])ccc5SOO[O-])nc(NC(CC(=O)[O-])C(=O)[O-])n4)cc3S(=O)(=O)[O-])c(S(=O)(=O)[O-])c2)nc(Nc2cc(S(=O)(=O)[O-])ccc2SOO[O-])n1)C(=O)[O-].[Na+].[Na+].[Na+].[Na+].[Na+].[Na+].[Na+].[Na+].[Na+].[Na+]. The first-order chi connectivity index (χ1) is 39.3. The molecular formula is C40H26N12Na10O26S6. The van der Waals surface area contributed by atoms with Crippen LogP contribution in [0.4, 0.5) is 58.4 Å². The number of aromatic nitrogens is 6. The Morgan fingerprint density at radius 3 is 0.989 bits per heavy atom. The molecule has 0 spiro atoms. The fraction of sp³-hybridized carbons (Fsp3) is 0.100. The third-order valence-corrected chi connectivity index (χ3v) is 14.7. The van der Waals surface area contributed by atoms with Gasteiger partial charge in [0, 0.05) is 36.2 Å². The summed E-state index contributed by atoms with van der Waals surface area (Å²) in [7, 11) is -21.4. The van der Waals surface area contributed by atoms with Crippen molar-refractivity contribution in [3.8, 4) is 0 Å². The van der Waals surface area contributed by atoms with Gasteiger partial charge < -0.3 is 100 Å². The minimum Gasteiger partial charge on any atom is -0.744 e. The van der Waals surface area contributed by atoms with Crippen molar-refractivity contribution in [2.45, 2.75) is 54.3 Å². The Kier molecular flexibility index (Phi) is 52.8. The predicted molar refractivity (Wildman–Crippen MR) is 259 cm³/mol. The number of rotatable bonds is 30. The van der Waals surface area contributed by atoms with E-state index in [4.69, 9.17) is 0 Å². The van der Waals surface area contributed by atoms with E-state index in [0.29, 0.717) is 24.3 Å². The van der Waals surface area contributed by atoms with E-state index in [0.717, 1.165) is 60.7 Å². The van der Waals surface area contributed by atoms with E-state index in [1.54, 1.807) is 0 Å². The van der Waals surface area contributed by atoms with E-state index < -0.39 is 167 Å². The van der Waals surface area contributed by atoms with Gasteiger partial charge in [0.1, 0.15) is 40.5 Å². The van der Waals surface area contributed by atoms with E-state index in [1.165, 1.54) is 0 Å². The minimum absolute atomic E-state index is 0. The van der Waals surface area contributed by atoms with E-state index in [1.807, 2.05) is 0 Å². The second-order valence-corrected chi connectivity index (χ2v) is 22.6. The van der Waals surface area contributed by atoms with Crippen LogP contribution < -0.4 is 358 Å². The van der Waals surface area contributed by atoms with Crippen molar-refractivity contribution >= 4 is 159 Å². The Morgan fingerprint density at radius 2 is 0.723 bits per heavy atom. The molecule has 6 rings (SSSR count). The number of benzene rings is 4. The molecule has 0 radical (unpaired) electrons. The molecule has 0 aliphatic carbocycles. The van der Waals surface area contributed by atoms with Gasteiger partial charge in [0.2, 0.25) is 35.7 Å². The van der Waals surface area contributed by atoms with Gasteiger partial charge in [-0.25, -0.2) is 33.7 Å². The second-order valence-electron chi connectivity index (χ2n) is 15.7. The Morgan fingerprint density at radius 1 is 0.426 bits per heavy atom. The number of carbonyl (C=O) groups is 4. The van der Waals surface area contributed by atoms with Gasteiger partial charge in [0.15, 0.2) is 0 Å². The van der Waals surface area contributed by atoms with Crippen molar-refractivity contribution in [3.63, 3.8) is 0 Å². The summed E-state index contributed by atoms with van der Waals surface area (Å²) in [5, 5.41) is 88.0. The summed E-state index contributed by atoms with van der Waals surface area (Å²) in [4.78, 5) is 65.5. The molecule has 6 aromatic rings. The molecule has 0 saturated heterocycles. The topological polar surface area (TPSA) is 622 Å². The van der Waals surface area contributed by atoms with Gasteiger partial charge in [0.05, 0.1) is 88.9 Å². The quantitative estimate of drug-likeness (QED) is 0.00609. The predicted octanol–water partition coefficient (Wildman–Crippen LogP) is -35.3. The van der Waals surface area contributed by atoms with Crippen molar-refractivity contribution in [1.82, 2.24) is 29.9 Å². The average molecular weight is 1510 g/mol. The van der Waals surface area contributed by atoms with E-state index in [-0.39, 0.29) is 341 Å². The molecule has 448 valence electrons. The van der Waals surface area contributed by atoms with Crippen LogP contribution in [0.2, 0.25) is 0 Å². The van der Waals surface area contributed by atoms with Gasteiger partial charge in [0.25, 0.3) is 0 Å². The average Bonchev–Trinajstić information content (AvgIpc) is 0.824. The normalized spacial score (nSPS) is 11.3. The van der Waals surface area contributed by atoms with Crippen LogP contribution in [0.5, 0.6) is 0 Å². The Balaban J connectivity index is -0.00000264. The van der Waals surface area contributed by atoms with Gasteiger partial charge in [-0.2, -0.15) is 38.6 Å². The number of anilines is 10. The number of nitrogens with zero attached hydrogens (tertiary/aromatic N) is 6. The molecule has 2 atom stereocenters. The second kappa shape index (κ2) is 47.7. The molecule has 2 unspecified atom stereocenters. The van der Waals surface area contributed by atoms with Crippen LogP contribution >= 0.6 is 24.1 Å². The smallest absolute Gasteiger partial charge is 0.744 e. The van der Waals surface area contributed by atoms with Gasteiger partial charge in [-0.1, -0.05) is 24.3 Å². The van der Waals surface area contributed by atoms with Crippen molar-refractivity contribution < 1.29 is 416 Å². The molecule has 4 aromatic carbocycles. The maximum absolute atomic E-state index is 12.7. The molecule has 0 saturated carbocycles. The maximum atomic E-state index is 12.7. The molecular weight excluding hydrogens is 1490 g/mol. The van der Waals surface area contributed by atoms with Gasteiger partial charge in [-0.15, -0.1) is 0 Å². The van der Waals surface area contributed by atoms with Crippen LogP contribution in [0.25, 0.3) is 12.2 Å². The fourth-order valence-corrected chi connectivity index (χ4v) is 9.75. The van der Waals surface area contributed by atoms with Gasteiger partial charge >= 0.3 is 296 Å². The first kappa shape index (κ1) is 104. The molecule has 0 fully saturated rings. The largest absolute Gasteiger partial charge is 1.00 e. The first-order valence-electron chi connectivity index (χ1n) is 21.6. The fourth-order valence-electron chi connectivity index (χ4n) is 6.52. The number of carboxylic acid groups (broad SMARTS) is 4. The monoisotopic (exact) mass is 1510 g/mol. The summed E-state index contributed by atoms with van der Waals surface area (Å²) in [6.07, 6.45) is -0.762. The zero-order valence-electron chi connectivity index (χ0n) is 50.4. The van der Waals surface area contributed by atoms with Crippen LogP contribution in [-0.2, 0) is 78.4 Å². The van der Waals surface area contributed by atoms with E-state index in [2.05, 4.69) is 80.5 Å². The standard InChI is InChI=1S/C40H36N12O26S6.10Na/c53-31(54)15-25(33(57)58)45-39-49-35(47-37(51-39)43-23-13-21(81(63,64)65)7-9-27(23)79-77-75-61)41-19-5-3-17(29(11-19)83(69,70)71)1-2-18-4-6-20(12-30(18)84(72,73)74)42-36-48-38(52-40(50-36)46-26(34(59)60)16-32(55)56)44-24-14-22(82(66,67)68)8-10-28(24)80-78-76-62;;;;;;;;;;/h1-14,25-26,61-62H,15-16H2,(H,53,54)(H,55,56)(H,57,58)(H,59,60)(H,63,64,65)(H,66,67,68)(H,69,70,71)(H,72,73,74)(H3,41,43,45,47,49,51)(H3,42,44,46,48,50,52);;;;;;;;;;/q;10*+1/p-10. The van der Waals surface area contributed by atoms with Crippen molar-refractivity contribution in [1.29, 1.82) is 0 Å². The molecule has 0 aliphatic rings. The zero-order valence-corrected chi connectivity index (χ0v) is 75.3. The number of hydrogen-bond acceptors (Lipinski definition) is 40. The molecule has 2 heterocycles. The maximum Gasteiger partial charge on any atom is 1.00 e. The van der Waals surface area contributed by atoms with Crippen molar-refractivity contribution in [2.75, 3.05) is 31.9 Å². The van der Waals surface area contributed by atoms with Crippen LogP contribution in [0, 0.1) is 0 Å². The number of carboxylic acids is 4. The molecule has 2 aromatic heterocycles. The summed E-state index contributed by atoms with van der Waals surface area (Å²) in [6, 6.07) is 6.06. The number of nitrogens with one attached hydrogen (secondary N) is 6. The molecule has 0 bridgehead atoms. The van der Waals surface area contributed by atoms with E-state index >= 15 is 0 Å². The zero-order chi connectivity index (χ0) is 61.9. The van der Waals surface area contributed by atoms with Crippen molar-refractivity contribution in [2.24, 2.45) is 0 Å². The number of carbonyl (C=O) groups excluding carboxylic acids is 4. The third kappa shape index (κ3) is 33.5. The van der Waals surface area contributed by atoms with Crippen LogP contribution in [0.1, 0.15) is 24.0 Å². The Labute approximate surface area is 761 Å². The Bertz CT molecular complexity index is 3830. The van der Waals surface area contributed by atoms with Crippen LogP contribution in [0.3, 0.4) is 0 Å². The molecule has 0 aliphatic heterocycles. The molecule has 38 nitrogen and oxygen atoms in total. The third-order valence-electron chi connectivity index (χ3n) is 9.98. The molecule has 94 heavy (non-hydrogen) atoms. The van der Waals surface area contributed by atoms with Crippen molar-refractivity contribution in [3.05, 3.63) is 83.9 Å². The number of aliphatic carboxylic acids is 4. The molecule has 6 N–H and O–H groups in total. The Hall–Kier alpha value is 1.42. The summed E-state index contributed by atoms with van der Waals surface area (Å²) in [5.74, 6) is -12.2. The summed E-state index contributed by atoms with van der Waals surface area (Å²) in [5.41, 5.74) is -2.53. The van der Waals surface area contributed by atoms with Gasteiger partial charge in [-0.05, 0) is 71.8 Å². The molecule has 0 amide bonds. The summed E-state index contributed by atoms with van der Waals surface area (Å²) in [6.45, 7) is 0. The van der Waals surface area contributed by atoms with Crippen LogP contribution in [0.15, 0.2) is 102 Å². The number of hydrogen-bond donors (Lipinski definition) is 6. The van der Waals surface area contributed by atoms with E-state index in [9.17, 15) is 102 Å². The summed E-state index contributed by atoms with van der Waals surface area (Å²) >= 11 is 0.339. The first-order valence-corrected chi connectivity index (χ1v) is 28.7. The van der Waals surface area contributed by atoms with Gasteiger partial charge in [-0.3, -0.25) is 10.1 Å². The minimum atomic E-state index is -5.54. The molecule has 54 heteroatoms.